The topological polar surface area (TPSA) is 29.3 Å². The minimum absolute atomic E-state index is 0.652. The molecule has 1 aromatic rings. The first kappa shape index (κ1) is 14.7. The van der Waals surface area contributed by atoms with E-state index in [0.29, 0.717) is 12.6 Å². The monoisotopic (exact) mass is 280 g/mol. The summed E-state index contributed by atoms with van der Waals surface area (Å²) in [7, 11) is 0. The molecule has 0 atom stereocenters. The van der Waals surface area contributed by atoms with Crippen molar-refractivity contribution in [2.24, 2.45) is 5.73 Å². The van der Waals surface area contributed by atoms with E-state index in [-0.39, 0.29) is 0 Å². The van der Waals surface area contributed by atoms with Gasteiger partial charge in [0, 0.05) is 23.3 Å². The fourth-order valence-corrected chi connectivity index (χ4v) is 3.39. The zero-order chi connectivity index (χ0) is 13.7. The third kappa shape index (κ3) is 3.64. The van der Waals surface area contributed by atoms with E-state index in [1.54, 1.807) is 0 Å². The predicted molar refractivity (Wildman–Crippen MR) is 84.1 cm³/mol. The average molecular weight is 281 g/mol. The van der Waals surface area contributed by atoms with E-state index in [9.17, 15) is 0 Å². The number of hydrogen-bond acceptors (Lipinski definition) is 2. The molecule has 2 nitrogen and oxygen atoms in total. The van der Waals surface area contributed by atoms with Crippen LogP contribution in [-0.2, 0) is 6.42 Å². The molecule has 0 amide bonds. The molecule has 0 unspecified atom stereocenters. The zero-order valence-electron chi connectivity index (χ0n) is 11.9. The van der Waals surface area contributed by atoms with Gasteiger partial charge in [0.15, 0.2) is 0 Å². The Morgan fingerprint density at radius 1 is 1.26 bits per heavy atom. The first-order valence-electron chi connectivity index (χ1n) is 7.51. The number of nitrogens with zero attached hydrogens (tertiary/aromatic N) is 1. The first-order chi connectivity index (χ1) is 9.26. The third-order valence-corrected chi connectivity index (χ3v) is 4.49. The van der Waals surface area contributed by atoms with Crippen LogP contribution in [0.3, 0.4) is 0 Å². The van der Waals surface area contributed by atoms with Crippen LogP contribution in [-0.4, -0.2) is 19.1 Å². The van der Waals surface area contributed by atoms with Crippen molar-refractivity contribution in [3.8, 4) is 0 Å². The SMILES string of the molecule is CCN(c1ccc(CCN)c(Cl)c1)C1CCCCC1. The summed E-state index contributed by atoms with van der Waals surface area (Å²) in [4.78, 5) is 2.51. The van der Waals surface area contributed by atoms with Gasteiger partial charge in [0.05, 0.1) is 0 Å². The van der Waals surface area contributed by atoms with Crippen molar-refractivity contribution in [2.75, 3.05) is 18.0 Å². The molecular weight excluding hydrogens is 256 g/mol. The van der Waals surface area contributed by atoms with Gasteiger partial charge in [-0.3, -0.25) is 0 Å². The summed E-state index contributed by atoms with van der Waals surface area (Å²) in [6.07, 6.45) is 7.60. The Labute approximate surface area is 121 Å². The van der Waals surface area contributed by atoms with E-state index in [2.05, 4.69) is 30.0 Å². The maximum atomic E-state index is 6.37. The van der Waals surface area contributed by atoms with Gasteiger partial charge in [-0.15, -0.1) is 0 Å². The maximum Gasteiger partial charge on any atom is 0.0459 e. The molecular formula is C16H25ClN2. The number of hydrogen-bond donors (Lipinski definition) is 1. The van der Waals surface area contributed by atoms with E-state index < -0.39 is 0 Å². The van der Waals surface area contributed by atoms with E-state index in [1.165, 1.54) is 37.8 Å². The quantitative estimate of drug-likeness (QED) is 0.883. The van der Waals surface area contributed by atoms with Gasteiger partial charge < -0.3 is 10.6 Å². The second-order valence-electron chi connectivity index (χ2n) is 5.39. The minimum Gasteiger partial charge on any atom is -0.369 e. The van der Waals surface area contributed by atoms with Crippen LogP contribution in [0, 0.1) is 0 Å². The fourth-order valence-electron chi connectivity index (χ4n) is 3.12. The molecule has 3 heteroatoms. The van der Waals surface area contributed by atoms with Crippen LogP contribution in [0.1, 0.15) is 44.6 Å². The largest absolute Gasteiger partial charge is 0.369 e. The normalized spacial score (nSPS) is 16.6. The Hall–Kier alpha value is -0.730. The lowest BCUT2D eigenvalue weighted by molar-refractivity contribution is 0.418. The number of rotatable bonds is 5. The molecule has 0 spiro atoms. The maximum absolute atomic E-state index is 6.37. The Morgan fingerprint density at radius 3 is 2.58 bits per heavy atom. The molecule has 0 bridgehead atoms. The number of nitrogens with two attached hydrogens (primary N) is 1. The molecule has 1 saturated carbocycles. The molecule has 0 aromatic heterocycles. The molecule has 1 aliphatic carbocycles. The highest BCUT2D eigenvalue weighted by atomic mass is 35.5. The van der Waals surface area contributed by atoms with Crippen molar-refractivity contribution < 1.29 is 0 Å². The summed E-state index contributed by atoms with van der Waals surface area (Å²) < 4.78 is 0. The molecule has 106 valence electrons. The van der Waals surface area contributed by atoms with Gasteiger partial charge in [-0.2, -0.15) is 0 Å². The summed E-state index contributed by atoms with van der Waals surface area (Å²) in [5, 5.41) is 0.859. The van der Waals surface area contributed by atoms with Crippen molar-refractivity contribution >= 4 is 17.3 Å². The highest BCUT2D eigenvalue weighted by Gasteiger charge is 2.20. The summed E-state index contributed by atoms with van der Waals surface area (Å²) in [5.41, 5.74) is 8.03. The Balaban J connectivity index is 2.15. The smallest absolute Gasteiger partial charge is 0.0459 e. The molecule has 1 fully saturated rings. The Morgan fingerprint density at radius 2 is 2.00 bits per heavy atom. The molecule has 2 N–H and O–H groups in total. The van der Waals surface area contributed by atoms with Gasteiger partial charge in [-0.25, -0.2) is 0 Å². The van der Waals surface area contributed by atoms with Crippen LogP contribution in [0.5, 0.6) is 0 Å². The summed E-state index contributed by atoms with van der Waals surface area (Å²) in [6, 6.07) is 7.14. The van der Waals surface area contributed by atoms with Crippen molar-refractivity contribution in [3.63, 3.8) is 0 Å². The zero-order valence-corrected chi connectivity index (χ0v) is 12.6. The standard InChI is InChI=1S/C16H25ClN2/c1-2-19(14-6-4-3-5-7-14)15-9-8-13(10-11-18)16(17)12-15/h8-9,12,14H,2-7,10-11,18H2,1H3. The van der Waals surface area contributed by atoms with Crippen LogP contribution in [0.2, 0.25) is 5.02 Å². The minimum atomic E-state index is 0.652. The van der Waals surface area contributed by atoms with Gasteiger partial charge in [-0.1, -0.05) is 36.9 Å². The van der Waals surface area contributed by atoms with E-state index in [0.717, 1.165) is 23.6 Å². The predicted octanol–water partition coefficient (Wildman–Crippen LogP) is 4.00. The molecule has 19 heavy (non-hydrogen) atoms. The van der Waals surface area contributed by atoms with Crippen LogP contribution in [0.25, 0.3) is 0 Å². The van der Waals surface area contributed by atoms with Crippen molar-refractivity contribution in [2.45, 2.75) is 51.5 Å². The van der Waals surface area contributed by atoms with Gasteiger partial charge in [0.2, 0.25) is 0 Å². The van der Waals surface area contributed by atoms with Crippen LogP contribution < -0.4 is 10.6 Å². The summed E-state index contributed by atoms with van der Waals surface area (Å²) in [5.74, 6) is 0. The van der Waals surface area contributed by atoms with Gasteiger partial charge in [0.1, 0.15) is 0 Å². The molecule has 0 saturated heterocycles. The van der Waals surface area contributed by atoms with Crippen molar-refractivity contribution in [1.29, 1.82) is 0 Å². The Kier molecular flexibility index (Phi) is 5.53. The number of benzene rings is 1. The van der Waals surface area contributed by atoms with E-state index in [1.807, 2.05) is 0 Å². The first-order valence-corrected chi connectivity index (χ1v) is 7.89. The van der Waals surface area contributed by atoms with E-state index in [4.69, 9.17) is 17.3 Å². The van der Waals surface area contributed by atoms with Gasteiger partial charge >= 0.3 is 0 Å². The lowest BCUT2D eigenvalue weighted by atomic mass is 9.93. The third-order valence-electron chi connectivity index (χ3n) is 4.14. The van der Waals surface area contributed by atoms with Crippen molar-refractivity contribution in [1.82, 2.24) is 0 Å². The van der Waals surface area contributed by atoms with Crippen molar-refractivity contribution in [3.05, 3.63) is 28.8 Å². The number of anilines is 1. The molecule has 2 rings (SSSR count). The highest BCUT2D eigenvalue weighted by molar-refractivity contribution is 6.31. The Bertz CT molecular complexity index is 400. The van der Waals surface area contributed by atoms with Gasteiger partial charge in [0.25, 0.3) is 0 Å². The molecule has 1 aromatic carbocycles. The number of halogens is 1. The molecule has 1 aliphatic rings. The summed E-state index contributed by atoms with van der Waals surface area (Å²) >= 11 is 6.37. The van der Waals surface area contributed by atoms with Crippen LogP contribution in [0.4, 0.5) is 5.69 Å². The summed E-state index contributed by atoms with van der Waals surface area (Å²) in [6.45, 7) is 3.94. The van der Waals surface area contributed by atoms with Crippen LogP contribution >= 0.6 is 11.6 Å². The van der Waals surface area contributed by atoms with Gasteiger partial charge in [-0.05, 0) is 50.4 Å². The lowest BCUT2D eigenvalue weighted by Gasteiger charge is -2.35. The lowest BCUT2D eigenvalue weighted by Crippen LogP contribution is -2.36. The molecule has 0 radical (unpaired) electrons. The second kappa shape index (κ2) is 7.16. The molecule has 0 aliphatic heterocycles. The second-order valence-corrected chi connectivity index (χ2v) is 5.80. The van der Waals surface area contributed by atoms with Crippen LogP contribution in [0.15, 0.2) is 18.2 Å². The molecule has 0 heterocycles. The fraction of sp³-hybridized carbons (Fsp3) is 0.625. The highest BCUT2D eigenvalue weighted by Crippen LogP contribution is 2.30. The average Bonchev–Trinajstić information content (AvgIpc) is 2.44. The van der Waals surface area contributed by atoms with E-state index >= 15 is 0 Å².